The number of hydrogen-bond donors (Lipinski definition) is 2. The summed E-state index contributed by atoms with van der Waals surface area (Å²) in [6.45, 7) is 1.58. The van der Waals surface area contributed by atoms with E-state index in [1.807, 2.05) is 0 Å². The van der Waals surface area contributed by atoms with Gasteiger partial charge in [-0.05, 0) is 45.8 Å². The molecule has 0 aliphatic heterocycles. The molecule has 0 fully saturated rings. The van der Waals surface area contributed by atoms with Crippen molar-refractivity contribution in [3.8, 4) is 5.75 Å². The van der Waals surface area contributed by atoms with E-state index >= 15 is 0 Å². The number of benzene rings is 1. The average molecular weight is 388 g/mol. The van der Waals surface area contributed by atoms with Crippen molar-refractivity contribution in [1.82, 2.24) is 5.32 Å². The topological polar surface area (TPSA) is 41.5 Å². The first-order valence-electron chi connectivity index (χ1n) is 6.36. The summed E-state index contributed by atoms with van der Waals surface area (Å²) < 4.78 is 40.5. The van der Waals surface area contributed by atoms with Gasteiger partial charge in [-0.25, -0.2) is 0 Å². The molecule has 3 nitrogen and oxygen atoms in total. The van der Waals surface area contributed by atoms with Crippen LogP contribution in [-0.2, 0) is 6.54 Å². The Balaban J connectivity index is 2.32. The van der Waals surface area contributed by atoms with Gasteiger partial charge in [-0.3, -0.25) is 0 Å². The molecule has 0 saturated carbocycles. The zero-order valence-corrected chi connectivity index (χ0v) is 13.7. The van der Waals surface area contributed by atoms with E-state index < -0.39 is 6.36 Å². The molecular formula is C13H17BrF3NO2S. The molecule has 0 bridgehead atoms. The zero-order valence-electron chi connectivity index (χ0n) is 11.3. The third-order valence-corrected chi connectivity index (χ3v) is 4.11. The largest absolute Gasteiger partial charge is 0.573 e. The van der Waals surface area contributed by atoms with Gasteiger partial charge in [0.25, 0.3) is 0 Å². The van der Waals surface area contributed by atoms with E-state index in [0.29, 0.717) is 6.54 Å². The molecule has 0 aromatic heterocycles. The highest BCUT2D eigenvalue weighted by atomic mass is 79.9. The lowest BCUT2D eigenvalue weighted by molar-refractivity contribution is -0.274. The molecule has 1 rings (SSSR count). The van der Waals surface area contributed by atoms with Gasteiger partial charge < -0.3 is 15.2 Å². The molecule has 2 N–H and O–H groups in total. The molecule has 0 spiro atoms. The van der Waals surface area contributed by atoms with Crippen molar-refractivity contribution in [2.45, 2.75) is 19.3 Å². The molecule has 0 aliphatic rings. The van der Waals surface area contributed by atoms with Gasteiger partial charge in [0.05, 0.1) is 4.47 Å². The molecule has 21 heavy (non-hydrogen) atoms. The summed E-state index contributed by atoms with van der Waals surface area (Å²) in [6, 6.07) is 4.50. The van der Waals surface area contributed by atoms with Gasteiger partial charge in [-0.1, -0.05) is 6.07 Å². The Labute approximate surface area is 134 Å². The van der Waals surface area contributed by atoms with Gasteiger partial charge in [-0.2, -0.15) is 11.8 Å². The predicted molar refractivity (Wildman–Crippen MR) is 81.6 cm³/mol. The maximum Gasteiger partial charge on any atom is 0.573 e. The molecular weight excluding hydrogens is 371 g/mol. The van der Waals surface area contributed by atoms with E-state index in [1.165, 1.54) is 6.07 Å². The first kappa shape index (κ1) is 18.6. The SMILES string of the molecule is OCCCSCCNCc1ccc(OC(F)(F)F)c(Br)c1. The number of halogens is 4. The summed E-state index contributed by atoms with van der Waals surface area (Å²) in [5.41, 5.74) is 0.872. The normalized spacial score (nSPS) is 11.7. The number of rotatable bonds is 9. The molecule has 0 aliphatic carbocycles. The Hall–Kier alpha value is -0.440. The molecule has 0 atom stereocenters. The first-order chi connectivity index (χ1) is 9.92. The minimum absolute atomic E-state index is 0.209. The number of hydrogen-bond acceptors (Lipinski definition) is 4. The van der Waals surface area contributed by atoms with Crippen LogP contribution in [0, 0.1) is 0 Å². The quantitative estimate of drug-likeness (QED) is 0.635. The fourth-order valence-corrected chi connectivity index (χ4v) is 2.84. The van der Waals surface area contributed by atoms with Crippen molar-refractivity contribution in [3.05, 3.63) is 28.2 Å². The number of aliphatic hydroxyl groups excluding tert-OH is 1. The van der Waals surface area contributed by atoms with Crippen LogP contribution in [0.2, 0.25) is 0 Å². The smallest absolute Gasteiger partial charge is 0.405 e. The van der Waals surface area contributed by atoms with Crippen molar-refractivity contribution in [1.29, 1.82) is 0 Å². The van der Waals surface area contributed by atoms with E-state index in [1.54, 1.807) is 23.9 Å². The number of nitrogens with one attached hydrogen (secondary N) is 1. The number of aliphatic hydroxyl groups is 1. The summed E-state index contributed by atoms with van der Waals surface area (Å²) in [4.78, 5) is 0. The van der Waals surface area contributed by atoms with Gasteiger partial charge >= 0.3 is 6.36 Å². The lowest BCUT2D eigenvalue weighted by atomic mass is 10.2. The molecule has 0 saturated heterocycles. The van der Waals surface area contributed by atoms with Crippen LogP contribution in [0.1, 0.15) is 12.0 Å². The molecule has 1 aromatic rings. The monoisotopic (exact) mass is 387 g/mol. The Kier molecular flexibility index (Phi) is 8.46. The molecule has 0 heterocycles. The Bertz CT molecular complexity index is 432. The van der Waals surface area contributed by atoms with E-state index in [4.69, 9.17) is 5.11 Å². The van der Waals surface area contributed by atoms with Gasteiger partial charge in [0, 0.05) is 25.4 Å². The first-order valence-corrected chi connectivity index (χ1v) is 8.30. The average Bonchev–Trinajstić information content (AvgIpc) is 2.39. The molecule has 120 valence electrons. The second-order valence-corrected chi connectivity index (χ2v) is 6.26. The molecule has 1 aromatic carbocycles. The van der Waals surface area contributed by atoms with Crippen LogP contribution >= 0.6 is 27.7 Å². The summed E-state index contributed by atoms with van der Waals surface area (Å²) >= 11 is 4.82. The van der Waals surface area contributed by atoms with Crippen molar-refractivity contribution < 1.29 is 23.0 Å². The van der Waals surface area contributed by atoms with Gasteiger partial charge in [-0.15, -0.1) is 13.2 Å². The highest BCUT2D eigenvalue weighted by Crippen LogP contribution is 2.30. The maximum absolute atomic E-state index is 12.1. The van der Waals surface area contributed by atoms with Crippen LogP contribution in [0.4, 0.5) is 13.2 Å². The van der Waals surface area contributed by atoms with Crippen LogP contribution in [0.5, 0.6) is 5.75 Å². The number of ether oxygens (including phenoxy) is 1. The van der Waals surface area contributed by atoms with Gasteiger partial charge in [0.1, 0.15) is 5.75 Å². The van der Waals surface area contributed by atoms with Crippen LogP contribution in [0.15, 0.2) is 22.7 Å². The van der Waals surface area contributed by atoms with Gasteiger partial charge in [0.2, 0.25) is 0 Å². The molecule has 0 unspecified atom stereocenters. The van der Waals surface area contributed by atoms with Crippen molar-refractivity contribution >= 4 is 27.7 Å². The minimum Gasteiger partial charge on any atom is -0.405 e. The lowest BCUT2D eigenvalue weighted by Gasteiger charge is -2.12. The number of alkyl halides is 3. The summed E-state index contributed by atoms with van der Waals surface area (Å²) in [7, 11) is 0. The fraction of sp³-hybridized carbons (Fsp3) is 0.538. The Morgan fingerprint density at radius 3 is 2.67 bits per heavy atom. The lowest BCUT2D eigenvalue weighted by Crippen LogP contribution is -2.18. The van der Waals surface area contributed by atoms with Crippen molar-refractivity contribution in [3.63, 3.8) is 0 Å². The standard InChI is InChI=1S/C13H17BrF3NO2S/c14-11-8-10(2-3-12(11)20-13(15,16)17)9-18-4-7-21-6-1-5-19/h2-3,8,18-19H,1,4-7,9H2. The summed E-state index contributed by atoms with van der Waals surface area (Å²) in [5, 5.41) is 11.8. The van der Waals surface area contributed by atoms with Crippen LogP contribution in [-0.4, -0.2) is 36.1 Å². The number of thioether (sulfide) groups is 1. The van der Waals surface area contributed by atoms with E-state index in [2.05, 4.69) is 26.0 Å². The van der Waals surface area contributed by atoms with E-state index in [9.17, 15) is 13.2 Å². The van der Waals surface area contributed by atoms with Crippen LogP contribution in [0.3, 0.4) is 0 Å². The maximum atomic E-state index is 12.1. The summed E-state index contributed by atoms with van der Waals surface area (Å²) in [5.74, 6) is 1.61. The van der Waals surface area contributed by atoms with Crippen molar-refractivity contribution in [2.75, 3.05) is 24.7 Å². The van der Waals surface area contributed by atoms with E-state index in [-0.39, 0.29) is 16.8 Å². The van der Waals surface area contributed by atoms with Crippen molar-refractivity contribution in [2.24, 2.45) is 0 Å². The Morgan fingerprint density at radius 2 is 2.05 bits per heavy atom. The van der Waals surface area contributed by atoms with E-state index in [0.717, 1.165) is 30.0 Å². The van der Waals surface area contributed by atoms with Crippen LogP contribution in [0.25, 0.3) is 0 Å². The third kappa shape index (κ3) is 8.55. The fourth-order valence-electron chi connectivity index (χ4n) is 1.51. The van der Waals surface area contributed by atoms with Gasteiger partial charge in [0.15, 0.2) is 0 Å². The second kappa shape index (κ2) is 9.55. The molecule has 8 heteroatoms. The zero-order chi connectivity index (χ0) is 15.7. The Morgan fingerprint density at radius 1 is 1.29 bits per heavy atom. The van der Waals surface area contributed by atoms with Crippen LogP contribution < -0.4 is 10.1 Å². The highest BCUT2D eigenvalue weighted by molar-refractivity contribution is 9.10. The highest BCUT2D eigenvalue weighted by Gasteiger charge is 2.31. The molecule has 0 amide bonds. The summed E-state index contributed by atoms with van der Waals surface area (Å²) in [6.07, 6.45) is -3.90. The third-order valence-electron chi connectivity index (χ3n) is 2.42. The molecule has 0 radical (unpaired) electrons. The second-order valence-electron chi connectivity index (χ2n) is 4.18. The predicted octanol–water partition coefficient (Wildman–Crippen LogP) is 3.55. The minimum atomic E-state index is -4.69.